The van der Waals surface area contributed by atoms with Crippen LogP contribution in [0.1, 0.15) is 37.8 Å². The third-order valence-corrected chi connectivity index (χ3v) is 5.64. The molecular formula is C30H38O10. The summed E-state index contributed by atoms with van der Waals surface area (Å²) in [5, 5.41) is 0. The molecule has 0 aromatic heterocycles. The highest BCUT2D eigenvalue weighted by atomic mass is 16.5. The minimum atomic E-state index is -0.717. The number of methoxy groups -OCH3 is 6. The highest BCUT2D eigenvalue weighted by molar-refractivity contribution is 6.13. The van der Waals surface area contributed by atoms with E-state index in [0.29, 0.717) is 58.5 Å². The van der Waals surface area contributed by atoms with E-state index in [4.69, 9.17) is 37.9 Å². The summed E-state index contributed by atoms with van der Waals surface area (Å²) >= 11 is 0. The van der Waals surface area contributed by atoms with Crippen LogP contribution >= 0.6 is 0 Å². The fraction of sp³-hybridized carbons (Fsp3) is 0.400. The van der Waals surface area contributed by atoms with Crippen molar-refractivity contribution in [1.29, 1.82) is 0 Å². The molecule has 0 aliphatic carbocycles. The maximum Gasteiger partial charge on any atom is 0.339 e. The normalized spacial score (nSPS) is 11.4. The molecule has 0 amide bonds. The number of benzene rings is 2. The van der Waals surface area contributed by atoms with E-state index in [-0.39, 0.29) is 24.4 Å². The monoisotopic (exact) mass is 558 g/mol. The van der Waals surface area contributed by atoms with Crippen LogP contribution in [0, 0.1) is 0 Å². The van der Waals surface area contributed by atoms with Crippen LogP contribution in [0.2, 0.25) is 0 Å². The molecule has 0 radical (unpaired) electrons. The molecule has 0 spiro atoms. The summed E-state index contributed by atoms with van der Waals surface area (Å²) < 4.78 is 43.8. The summed E-state index contributed by atoms with van der Waals surface area (Å²) in [6.07, 6.45) is 4.18. The van der Waals surface area contributed by atoms with E-state index < -0.39 is 11.9 Å². The second-order valence-electron chi connectivity index (χ2n) is 8.27. The number of ether oxygens (including phenoxy) is 8. The maximum atomic E-state index is 13.4. The SMILES string of the molecule is CCCOC(=O)C(=C/c1cc(OC)c(OC)c(OC)c1)/C(=C\c1ccc(OC)c(OC)c1OC)C(=O)OCCC. The zero-order valence-electron chi connectivity index (χ0n) is 24.4. The lowest BCUT2D eigenvalue weighted by molar-refractivity contribution is -0.142. The van der Waals surface area contributed by atoms with Crippen molar-refractivity contribution in [3.63, 3.8) is 0 Å². The quantitative estimate of drug-likeness (QED) is 0.166. The van der Waals surface area contributed by atoms with Gasteiger partial charge in [-0.3, -0.25) is 0 Å². The Morgan fingerprint density at radius 2 is 1.07 bits per heavy atom. The summed E-state index contributed by atoms with van der Waals surface area (Å²) in [5.41, 5.74) is 0.851. The van der Waals surface area contributed by atoms with Crippen LogP contribution < -0.4 is 28.4 Å². The van der Waals surface area contributed by atoms with Gasteiger partial charge in [-0.1, -0.05) is 13.8 Å². The predicted octanol–water partition coefficient (Wildman–Crippen LogP) is 5.11. The second kappa shape index (κ2) is 15.9. The van der Waals surface area contributed by atoms with Crippen molar-refractivity contribution in [3.8, 4) is 34.5 Å². The van der Waals surface area contributed by atoms with Gasteiger partial charge >= 0.3 is 11.9 Å². The third kappa shape index (κ3) is 7.62. The fourth-order valence-electron chi connectivity index (χ4n) is 3.78. The van der Waals surface area contributed by atoms with Gasteiger partial charge in [0.05, 0.1) is 67.0 Å². The van der Waals surface area contributed by atoms with Crippen LogP contribution in [0.25, 0.3) is 12.2 Å². The van der Waals surface area contributed by atoms with Crippen LogP contribution in [0.5, 0.6) is 34.5 Å². The molecule has 0 saturated carbocycles. The van der Waals surface area contributed by atoms with Gasteiger partial charge in [0.2, 0.25) is 11.5 Å². The summed E-state index contributed by atoms with van der Waals surface area (Å²) in [5.74, 6) is 0.749. The first-order valence-corrected chi connectivity index (χ1v) is 12.7. The van der Waals surface area contributed by atoms with E-state index in [0.717, 1.165) is 0 Å². The topological polar surface area (TPSA) is 108 Å². The van der Waals surface area contributed by atoms with Crippen molar-refractivity contribution in [2.45, 2.75) is 26.7 Å². The first kappa shape index (κ1) is 31.9. The summed E-state index contributed by atoms with van der Waals surface area (Å²) in [6.45, 7) is 4.05. The van der Waals surface area contributed by atoms with Gasteiger partial charge < -0.3 is 37.9 Å². The molecule has 2 rings (SSSR count). The summed E-state index contributed by atoms with van der Waals surface area (Å²) in [7, 11) is 8.90. The van der Waals surface area contributed by atoms with Crippen molar-refractivity contribution < 1.29 is 47.5 Å². The Morgan fingerprint density at radius 3 is 1.50 bits per heavy atom. The minimum absolute atomic E-state index is 0.0411. The third-order valence-electron chi connectivity index (χ3n) is 5.64. The fourth-order valence-corrected chi connectivity index (χ4v) is 3.78. The van der Waals surface area contributed by atoms with E-state index in [2.05, 4.69) is 0 Å². The minimum Gasteiger partial charge on any atom is -0.493 e. The number of hydrogen-bond acceptors (Lipinski definition) is 10. The molecule has 0 aliphatic heterocycles. The van der Waals surface area contributed by atoms with Crippen molar-refractivity contribution in [2.75, 3.05) is 55.9 Å². The van der Waals surface area contributed by atoms with Gasteiger partial charge in [-0.2, -0.15) is 0 Å². The largest absolute Gasteiger partial charge is 0.493 e. The van der Waals surface area contributed by atoms with Gasteiger partial charge in [-0.25, -0.2) is 9.59 Å². The molecule has 10 heteroatoms. The number of rotatable bonds is 15. The van der Waals surface area contributed by atoms with Gasteiger partial charge in [0.1, 0.15) is 0 Å². The summed E-state index contributed by atoms with van der Waals surface area (Å²) in [4.78, 5) is 26.9. The first-order valence-electron chi connectivity index (χ1n) is 12.7. The van der Waals surface area contributed by atoms with Crippen molar-refractivity contribution >= 4 is 24.1 Å². The molecule has 2 aromatic rings. The van der Waals surface area contributed by atoms with E-state index in [1.54, 1.807) is 24.3 Å². The molecule has 40 heavy (non-hydrogen) atoms. The van der Waals surface area contributed by atoms with Gasteiger partial charge in [0.25, 0.3) is 0 Å². The van der Waals surface area contributed by atoms with E-state index in [1.165, 1.54) is 54.8 Å². The highest BCUT2D eigenvalue weighted by Gasteiger charge is 2.26. The number of carbonyl (C=O) groups excluding carboxylic acids is 2. The number of esters is 2. The zero-order valence-corrected chi connectivity index (χ0v) is 24.4. The van der Waals surface area contributed by atoms with Crippen LogP contribution in [-0.2, 0) is 19.1 Å². The predicted molar refractivity (Wildman–Crippen MR) is 151 cm³/mol. The van der Waals surface area contributed by atoms with E-state index in [1.807, 2.05) is 13.8 Å². The van der Waals surface area contributed by atoms with Crippen molar-refractivity contribution in [2.24, 2.45) is 0 Å². The zero-order chi connectivity index (χ0) is 29.7. The van der Waals surface area contributed by atoms with Gasteiger partial charge in [-0.15, -0.1) is 0 Å². The highest BCUT2D eigenvalue weighted by Crippen LogP contribution is 2.42. The van der Waals surface area contributed by atoms with Crippen LogP contribution in [0.3, 0.4) is 0 Å². The van der Waals surface area contributed by atoms with Crippen molar-refractivity contribution in [1.82, 2.24) is 0 Å². The molecule has 0 aliphatic rings. The second-order valence-corrected chi connectivity index (χ2v) is 8.27. The lowest BCUT2D eigenvalue weighted by Crippen LogP contribution is -2.18. The lowest BCUT2D eigenvalue weighted by Gasteiger charge is -2.17. The molecule has 0 heterocycles. The average Bonchev–Trinajstić information content (AvgIpc) is 2.98. The number of carbonyl (C=O) groups is 2. The van der Waals surface area contributed by atoms with Gasteiger partial charge in [-0.05, 0) is 54.8 Å². The Balaban J connectivity index is 2.90. The summed E-state index contributed by atoms with van der Waals surface area (Å²) in [6, 6.07) is 6.66. The van der Waals surface area contributed by atoms with Crippen LogP contribution in [0.15, 0.2) is 35.4 Å². The van der Waals surface area contributed by atoms with Crippen LogP contribution in [-0.4, -0.2) is 67.8 Å². The van der Waals surface area contributed by atoms with Crippen molar-refractivity contribution in [3.05, 3.63) is 46.5 Å². The Morgan fingerprint density at radius 1 is 0.600 bits per heavy atom. The van der Waals surface area contributed by atoms with E-state index in [9.17, 15) is 9.59 Å². The molecule has 0 unspecified atom stereocenters. The van der Waals surface area contributed by atoms with Gasteiger partial charge in [0, 0.05) is 5.56 Å². The molecule has 0 saturated heterocycles. The molecule has 10 nitrogen and oxygen atoms in total. The Kier molecular flexibility index (Phi) is 12.7. The van der Waals surface area contributed by atoms with E-state index >= 15 is 0 Å². The molecule has 0 N–H and O–H groups in total. The molecular weight excluding hydrogens is 520 g/mol. The Labute approximate surface area is 235 Å². The van der Waals surface area contributed by atoms with Crippen LogP contribution in [0.4, 0.5) is 0 Å². The molecule has 218 valence electrons. The standard InChI is InChI=1S/C30H38O10/c1-9-13-39-29(31)21(15-19-16-24(34-4)27(37-7)25(17-19)35-5)22(30(32)40-14-10-2)18-20-11-12-23(33-3)28(38-8)26(20)36-6/h11-12,15-18H,9-10,13-14H2,1-8H3/b21-15+,22-18+. The molecule has 0 bridgehead atoms. The van der Waals surface area contributed by atoms with Gasteiger partial charge in [0.15, 0.2) is 23.0 Å². The molecule has 0 atom stereocenters. The molecule has 0 fully saturated rings. The Hall–Kier alpha value is -4.34. The molecule has 2 aromatic carbocycles. The average molecular weight is 559 g/mol. The maximum absolute atomic E-state index is 13.4. The smallest absolute Gasteiger partial charge is 0.339 e. The lowest BCUT2D eigenvalue weighted by atomic mass is 9.99. The number of hydrogen-bond donors (Lipinski definition) is 0. The first-order chi connectivity index (χ1) is 19.3. The Bertz CT molecular complexity index is 1200.